The molecule has 0 amide bonds. The zero-order chi connectivity index (χ0) is 12.3. The van der Waals surface area contributed by atoms with Gasteiger partial charge in [-0.05, 0) is 6.07 Å². The molecule has 1 heterocycles. The summed E-state index contributed by atoms with van der Waals surface area (Å²) in [7, 11) is 1.33. The molecule has 0 saturated carbocycles. The van der Waals surface area contributed by atoms with Crippen LogP contribution in [0.2, 0.25) is 5.02 Å². The van der Waals surface area contributed by atoms with Gasteiger partial charge in [-0.3, -0.25) is 4.79 Å². The number of rotatable bonds is 4. The van der Waals surface area contributed by atoms with Crippen molar-refractivity contribution in [2.24, 2.45) is 5.73 Å². The van der Waals surface area contributed by atoms with Crippen molar-refractivity contribution in [2.45, 2.75) is 12.1 Å². The fourth-order valence-corrected chi connectivity index (χ4v) is 1.43. The van der Waals surface area contributed by atoms with Crippen molar-refractivity contribution in [1.82, 2.24) is 4.98 Å². The maximum absolute atomic E-state index is 10.6. The van der Waals surface area contributed by atoms with Crippen LogP contribution in [-0.4, -0.2) is 34.3 Å². The zero-order valence-corrected chi connectivity index (χ0v) is 9.18. The van der Waals surface area contributed by atoms with E-state index in [9.17, 15) is 9.90 Å². The standard InChI is InChI=1S/C9H11ClN2O4/c1-16-8-5(4(10)2-3-12-8)7(13)6(11)9(14)15/h2-3,6-7,13H,11H2,1H3,(H,14,15). The second-order valence-electron chi connectivity index (χ2n) is 3.02. The highest BCUT2D eigenvalue weighted by molar-refractivity contribution is 6.31. The lowest BCUT2D eigenvalue weighted by Crippen LogP contribution is -2.36. The Morgan fingerprint density at radius 3 is 2.81 bits per heavy atom. The van der Waals surface area contributed by atoms with Crippen LogP contribution in [0.25, 0.3) is 0 Å². The van der Waals surface area contributed by atoms with Crippen LogP contribution < -0.4 is 10.5 Å². The first-order valence-electron chi connectivity index (χ1n) is 4.34. The molecule has 88 valence electrons. The number of nitrogens with zero attached hydrogens (tertiary/aromatic N) is 1. The van der Waals surface area contributed by atoms with Gasteiger partial charge in [0.05, 0.1) is 17.7 Å². The van der Waals surface area contributed by atoms with Gasteiger partial charge < -0.3 is 20.7 Å². The van der Waals surface area contributed by atoms with Crippen molar-refractivity contribution in [3.05, 3.63) is 22.8 Å². The van der Waals surface area contributed by atoms with Gasteiger partial charge in [0.2, 0.25) is 5.88 Å². The minimum atomic E-state index is -1.49. The largest absolute Gasteiger partial charge is 0.481 e. The van der Waals surface area contributed by atoms with E-state index in [-0.39, 0.29) is 16.5 Å². The molecule has 1 rings (SSSR count). The Kier molecular flexibility index (Phi) is 4.05. The number of carboxylic acid groups (broad SMARTS) is 1. The summed E-state index contributed by atoms with van der Waals surface area (Å²) >= 11 is 5.82. The van der Waals surface area contributed by atoms with E-state index < -0.39 is 18.1 Å². The molecular formula is C9H11ClN2O4. The number of aliphatic carboxylic acids is 1. The molecular weight excluding hydrogens is 236 g/mol. The lowest BCUT2D eigenvalue weighted by molar-refractivity contribution is -0.141. The number of carbonyl (C=O) groups is 1. The fraction of sp³-hybridized carbons (Fsp3) is 0.333. The van der Waals surface area contributed by atoms with E-state index in [1.165, 1.54) is 19.4 Å². The number of aromatic nitrogens is 1. The molecule has 0 aliphatic rings. The number of aliphatic hydroxyl groups excluding tert-OH is 1. The third kappa shape index (κ3) is 2.41. The summed E-state index contributed by atoms with van der Waals surface area (Å²) in [6, 6.07) is -0.0763. The highest BCUT2D eigenvalue weighted by Crippen LogP contribution is 2.31. The van der Waals surface area contributed by atoms with Crippen LogP contribution in [0.1, 0.15) is 11.7 Å². The average Bonchev–Trinajstić information content (AvgIpc) is 2.26. The number of ether oxygens (including phenoxy) is 1. The molecule has 0 aliphatic heterocycles. The van der Waals surface area contributed by atoms with Gasteiger partial charge in [0.15, 0.2) is 0 Å². The number of pyridine rings is 1. The summed E-state index contributed by atoms with van der Waals surface area (Å²) in [5.74, 6) is -1.29. The molecule has 1 aromatic rings. The van der Waals surface area contributed by atoms with Gasteiger partial charge in [-0.2, -0.15) is 0 Å². The van der Waals surface area contributed by atoms with Gasteiger partial charge >= 0.3 is 5.97 Å². The highest BCUT2D eigenvalue weighted by atomic mass is 35.5. The van der Waals surface area contributed by atoms with E-state index in [2.05, 4.69) is 4.98 Å². The van der Waals surface area contributed by atoms with E-state index >= 15 is 0 Å². The Hall–Kier alpha value is -1.37. The molecule has 2 unspecified atom stereocenters. The Balaban J connectivity index is 3.16. The first kappa shape index (κ1) is 12.7. The number of nitrogens with two attached hydrogens (primary N) is 1. The number of methoxy groups -OCH3 is 1. The third-order valence-electron chi connectivity index (χ3n) is 2.01. The Morgan fingerprint density at radius 2 is 2.31 bits per heavy atom. The first-order valence-corrected chi connectivity index (χ1v) is 4.71. The minimum Gasteiger partial charge on any atom is -0.481 e. The van der Waals surface area contributed by atoms with Crippen LogP contribution in [0.5, 0.6) is 5.88 Å². The van der Waals surface area contributed by atoms with Crippen molar-refractivity contribution in [3.63, 3.8) is 0 Å². The van der Waals surface area contributed by atoms with Crippen molar-refractivity contribution < 1.29 is 19.7 Å². The third-order valence-corrected chi connectivity index (χ3v) is 2.34. The molecule has 6 nitrogen and oxygen atoms in total. The SMILES string of the molecule is COc1nccc(Cl)c1C(O)C(N)C(=O)O. The molecule has 1 aromatic heterocycles. The topological polar surface area (TPSA) is 106 Å². The summed E-state index contributed by atoms with van der Waals surface area (Å²) in [5.41, 5.74) is 5.36. The Morgan fingerprint density at radius 1 is 1.69 bits per heavy atom. The van der Waals surface area contributed by atoms with Gasteiger partial charge in [0.1, 0.15) is 12.1 Å². The molecule has 2 atom stereocenters. The van der Waals surface area contributed by atoms with Crippen LogP contribution in [0.4, 0.5) is 0 Å². The lowest BCUT2D eigenvalue weighted by Gasteiger charge is -2.18. The molecule has 7 heteroatoms. The molecule has 0 saturated heterocycles. The van der Waals surface area contributed by atoms with Crippen LogP contribution in [0.15, 0.2) is 12.3 Å². The van der Waals surface area contributed by atoms with Gasteiger partial charge in [-0.1, -0.05) is 11.6 Å². The summed E-state index contributed by atoms with van der Waals surface area (Å²) in [6.45, 7) is 0. The molecule has 4 N–H and O–H groups in total. The van der Waals surface area contributed by atoms with Crippen LogP contribution in [0.3, 0.4) is 0 Å². The van der Waals surface area contributed by atoms with Crippen LogP contribution in [-0.2, 0) is 4.79 Å². The van der Waals surface area contributed by atoms with E-state index in [0.29, 0.717) is 0 Å². The summed E-state index contributed by atoms with van der Waals surface area (Å²) in [4.78, 5) is 14.4. The van der Waals surface area contributed by atoms with Gasteiger partial charge in [-0.15, -0.1) is 0 Å². The van der Waals surface area contributed by atoms with E-state index in [0.717, 1.165) is 0 Å². The predicted molar refractivity (Wildman–Crippen MR) is 56.4 cm³/mol. The van der Waals surface area contributed by atoms with E-state index in [1.54, 1.807) is 0 Å². The lowest BCUT2D eigenvalue weighted by atomic mass is 10.0. The molecule has 0 spiro atoms. The maximum Gasteiger partial charge on any atom is 0.323 e. The fourth-order valence-electron chi connectivity index (χ4n) is 1.18. The van der Waals surface area contributed by atoms with Gasteiger partial charge in [0, 0.05) is 6.20 Å². The minimum absolute atomic E-state index is 0.0525. The number of aliphatic hydroxyl groups is 1. The average molecular weight is 247 g/mol. The number of hydrogen-bond acceptors (Lipinski definition) is 5. The maximum atomic E-state index is 10.6. The molecule has 0 aromatic carbocycles. The summed E-state index contributed by atoms with van der Waals surface area (Å²) < 4.78 is 4.87. The van der Waals surface area contributed by atoms with Crippen LogP contribution in [0, 0.1) is 0 Å². The highest BCUT2D eigenvalue weighted by Gasteiger charge is 2.28. The van der Waals surface area contributed by atoms with Crippen molar-refractivity contribution in [3.8, 4) is 5.88 Å². The Bertz CT molecular complexity index is 399. The monoisotopic (exact) mass is 246 g/mol. The van der Waals surface area contributed by atoms with Gasteiger partial charge in [-0.25, -0.2) is 4.98 Å². The number of carboxylic acids is 1. The predicted octanol–water partition coefficient (Wildman–Crippen LogP) is 0.189. The smallest absolute Gasteiger partial charge is 0.323 e. The quantitative estimate of drug-likeness (QED) is 0.700. The van der Waals surface area contributed by atoms with Crippen molar-refractivity contribution >= 4 is 17.6 Å². The van der Waals surface area contributed by atoms with Crippen molar-refractivity contribution in [1.29, 1.82) is 0 Å². The molecule has 0 radical (unpaired) electrons. The summed E-state index contributed by atoms with van der Waals surface area (Å²) in [6.07, 6.45) is -0.0995. The first-order chi connectivity index (χ1) is 7.49. The number of halogens is 1. The van der Waals surface area contributed by atoms with E-state index in [1.807, 2.05) is 0 Å². The summed E-state index contributed by atoms with van der Waals surface area (Å²) in [5, 5.41) is 18.6. The van der Waals surface area contributed by atoms with E-state index in [4.69, 9.17) is 27.2 Å². The molecule has 16 heavy (non-hydrogen) atoms. The van der Waals surface area contributed by atoms with Crippen LogP contribution >= 0.6 is 11.6 Å². The molecule has 0 fully saturated rings. The number of hydrogen-bond donors (Lipinski definition) is 3. The molecule has 0 aliphatic carbocycles. The van der Waals surface area contributed by atoms with Crippen molar-refractivity contribution in [2.75, 3.05) is 7.11 Å². The van der Waals surface area contributed by atoms with Gasteiger partial charge in [0.25, 0.3) is 0 Å². The zero-order valence-electron chi connectivity index (χ0n) is 8.42. The Labute approximate surface area is 96.6 Å². The molecule has 0 bridgehead atoms. The normalized spacial score (nSPS) is 14.2. The second kappa shape index (κ2) is 5.11. The second-order valence-corrected chi connectivity index (χ2v) is 3.43.